The van der Waals surface area contributed by atoms with E-state index in [-0.39, 0.29) is 1.43 Å². The second-order valence-electron chi connectivity index (χ2n) is 1.46. The first-order chi connectivity index (χ1) is 3.80. The molecule has 0 aliphatic heterocycles. The Morgan fingerprint density at radius 1 is 1.88 bits per heavy atom. The van der Waals surface area contributed by atoms with E-state index in [0.29, 0.717) is 5.56 Å². The monoisotopic (exact) mass is 111 g/mol. The van der Waals surface area contributed by atoms with Crippen molar-refractivity contribution in [1.29, 1.82) is 0 Å². The van der Waals surface area contributed by atoms with E-state index in [1.807, 2.05) is 0 Å². The zero-order valence-corrected chi connectivity index (χ0v) is 4.22. The predicted octanol–water partition coefficient (Wildman–Crippen LogP) is 0.226. The Bertz CT molecular complexity index is 183. The number of hydrogen-bond donors (Lipinski definition) is 2. The number of nitrogens with one attached hydrogen (secondary N) is 1. The molecule has 8 heavy (non-hydrogen) atoms. The number of rotatable bonds is 1. The second kappa shape index (κ2) is 1.69. The maximum Gasteiger partial charge on any atom is 1.00 e. The lowest BCUT2D eigenvalue weighted by Gasteiger charge is -1.80. The lowest BCUT2D eigenvalue weighted by molar-refractivity contribution is 0.100. The smallest absolute Gasteiger partial charge is 0.367 e. The van der Waals surface area contributed by atoms with Crippen LogP contribution in [0.2, 0.25) is 0 Å². The standard InChI is InChI=1S/C5H6N2O/c6-5(8)4-1-2-7-3-4/h1-3,7H,(H2,6,8)/p+1. The summed E-state index contributed by atoms with van der Waals surface area (Å²) in [7, 11) is 0. The Kier molecular flexibility index (Phi) is 1.04. The molecule has 0 aliphatic carbocycles. The van der Waals surface area contributed by atoms with Crippen LogP contribution in [0.1, 0.15) is 11.8 Å². The van der Waals surface area contributed by atoms with Gasteiger partial charge in [0, 0.05) is 12.4 Å². The molecule has 42 valence electrons. The number of amides is 1. The molecule has 1 aromatic heterocycles. The first-order valence-corrected chi connectivity index (χ1v) is 2.23. The van der Waals surface area contributed by atoms with Gasteiger partial charge in [-0.15, -0.1) is 0 Å². The molecule has 0 unspecified atom stereocenters. The fourth-order valence-electron chi connectivity index (χ4n) is 0.477. The molecule has 0 fully saturated rings. The summed E-state index contributed by atoms with van der Waals surface area (Å²) in [5.74, 6) is -0.397. The summed E-state index contributed by atoms with van der Waals surface area (Å²) in [6.45, 7) is 0. The van der Waals surface area contributed by atoms with Crippen LogP contribution in [0.3, 0.4) is 0 Å². The number of nitrogens with two attached hydrogens (primary N) is 1. The van der Waals surface area contributed by atoms with Gasteiger partial charge >= 0.3 is 1.43 Å². The van der Waals surface area contributed by atoms with Gasteiger partial charge in [0.25, 0.3) is 0 Å². The summed E-state index contributed by atoms with van der Waals surface area (Å²) in [4.78, 5) is 13.0. The maximum atomic E-state index is 10.3. The summed E-state index contributed by atoms with van der Waals surface area (Å²) in [5.41, 5.74) is 5.42. The third-order valence-corrected chi connectivity index (χ3v) is 0.882. The summed E-state index contributed by atoms with van der Waals surface area (Å²) < 4.78 is 0. The van der Waals surface area contributed by atoms with Crippen LogP contribution < -0.4 is 5.73 Å². The molecule has 3 heteroatoms. The minimum absolute atomic E-state index is 0. The van der Waals surface area contributed by atoms with Gasteiger partial charge in [-0.05, 0) is 6.07 Å². The highest BCUT2D eigenvalue weighted by atomic mass is 16.1. The van der Waals surface area contributed by atoms with Gasteiger partial charge in [0.2, 0.25) is 5.91 Å². The Balaban J connectivity index is 0.000000640. The molecule has 1 amide bonds. The quantitative estimate of drug-likeness (QED) is 0.535. The fraction of sp³-hybridized carbons (Fsp3) is 0. The number of hydrogen-bond acceptors (Lipinski definition) is 1. The molecule has 0 saturated carbocycles. The third kappa shape index (κ3) is 0.703. The molecule has 0 spiro atoms. The maximum absolute atomic E-state index is 10.3. The van der Waals surface area contributed by atoms with Crippen LogP contribution in [-0.2, 0) is 0 Å². The topological polar surface area (TPSA) is 58.9 Å². The molecular formula is C5H7N2O+. The van der Waals surface area contributed by atoms with Crippen molar-refractivity contribution in [2.24, 2.45) is 5.73 Å². The first kappa shape index (κ1) is 4.90. The van der Waals surface area contributed by atoms with Crippen LogP contribution in [0.25, 0.3) is 0 Å². The van der Waals surface area contributed by atoms with Gasteiger partial charge in [0.05, 0.1) is 5.56 Å². The van der Waals surface area contributed by atoms with E-state index < -0.39 is 5.91 Å². The average Bonchev–Trinajstić information content (AvgIpc) is 2.12. The zero-order valence-electron chi connectivity index (χ0n) is 5.22. The Labute approximate surface area is 48.0 Å². The molecule has 0 atom stereocenters. The van der Waals surface area contributed by atoms with Crippen molar-refractivity contribution >= 4 is 5.91 Å². The van der Waals surface area contributed by atoms with Gasteiger partial charge < -0.3 is 10.7 Å². The Morgan fingerprint density at radius 3 is 2.88 bits per heavy atom. The first-order valence-electron chi connectivity index (χ1n) is 2.23. The fourth-order valence-corrected chi connectivity index (χ4v) is 0.477. The van der Waals surface area contributed by atoms with E-state index >= 15 is 0 Å². The summed E-state index contributed by atoms with van der Waals surface area (Å²) >= 11 is 0. The molecule has 0 bridgehead atoms. The summed E-state index contributed by atoms with van der Waals surface area (Å²) in [5, 5.41) is 0. The zero-order chi connectivity index (χ0) is 5.98. The van der Waals surface area contributed by atoms with Crippen LogP contribution in [0.5, 0.6) is 0 Å². The van der Waals surface area contributed by atoms with E-state index in [2.05, 4.69) is 4.98 Å². The molecule has 1 aromatic rings. The van der Waals surface area contributed by atoms with Crippen molar-refractivity contribution in [2.75, 3.05) is 0 Å². The normalized spacial score (nSPS) is 9.00. The molecule has 3 N–H and O–H groups in total. The van der Waals surface area contributed by atoms with Crippen molar-refractivity contribution in [3.05, 3.63) is 24.0 Å². The van der Waals surface area contributed by atoms with Crippen LogP contribution >= 0.6 is 0 Å². The van der Waals surface area contributed by atoms with Gasteiger partial charge in [-0.3, -0.25) is 4.79 Å². The van der Waals surface area contributed by atoms with E-state index in [9.17, 15) is 4.79 Å². The average molecular weight is 111 g/mol. The van der Waals surface area contributed by atoms with Crippen molar-refractivity contribution in [1.82, 2.24) is 4.98 Å². The highest BCUT2D eigenvalue weighted by molar-refractivity contribution is 5.92. The largest absolute Gasteiger partial charge is 1.00 e. The van der Waals surface area contributed by atoms with Crippen molar-refractivity contribution < 1.29 is 6.22 Å². The van der Waals surface area contributed by atoms with Crippen molar-refractivity contribution in [3.63, 3.8) is 0 Å². The number of H-pyrrole nitrogens is 1. The van der Waals surface area contributed by atoms with Gasteiger partial charge in [0.15, 0.2) is 0 Å². The minimum atomic E-state index is -0.397. The SMILES string of the molecule is NC(=O)c1cc[nH]c1.[H+]. The molecule has 0 aromatic carbocycles. The number of aromatic nitrogens is 1. The van der Waals surface area contributed by atoms with Gasteiger partial charge in [-0.2, -0.15) is 0 Å². The van der Waals surface area contributed by atoms with Gasteiger partial charge in [-0.25, -0.2) is 0 Å². The highest BCUT2D eigenvalue weighted by Gasteiger charge is 1.95. The van der Waals surface area contributed by atoms with Crippen molar-refractivity contribution in [3.8, 4) is 0 Å². The third-order valence-electron chi connectivity index (χ3n) is 0.882. The van der Waals surface area contributed by atoms with Crippen molar-refractivity contribution in [2.45, 2.75) is 0 Å². The molecular weight excluding hydrogens is 104 g/mol. The van der Waals surface area contributed by atoms with Crippen LogP contribution in [0, 0.1) is 0 Å². The molecule has 1 rings (SSSR count). The van der Waals surface area contributed by atoms with Gasteiger partial charge in [0.1, 0.15) is 0 Å². The van der Waals surface area contributed by atoms with Gasteiger partial charge in [-0.1, -0.05) is 0 Å². The Morgan fingerprint density at radius 2 is 2.62 bits per heavy atom. The van der Waals surface area contributed by atoms with E-state index in [4.69, 9.17) is 5.73 Å². The van der Waals surface area contributed by atoms with E-state index in [1.165, 1.54) is 0 Å². The number of aromatic amines is 1. The lowest BCUT2D eigenvalue weighted by atomic mass is 10.3. The number of carbonyl (C=O) groups excluding carboxylic acids is 1. The van der Waals surface area contributed by atoms with E-state index in [0.717, 1.165) is 0 Å². The highest BCUT2D eigenvalue weighted by Crippen LogP contribution is 1.91. The number of carbonyl (C=O) groups is 1. The predicted molar refractivity (Wildman–Crippen MR) is 30.4 cm³/mol. The van der Waals surface area contributed by atoms with Crippen LogP contribution in [-0.4, -0.2) is 10.9 Å². The molecule has 0 radical (unpaired) electrons. The minimum Gasteiger partial charge on any atom is -0.367 e. The molecule has 1 heterocycles. The molecule has 0 aliphatic rings. The number of primary amides is 1. The van der Waals surface area contributed by atoms with Crippen LogP contribution in [0.4, 0.5) is 0 Å². The van der Waals surface area contributed by atoms with Crippen LogP contribution in [0.15, 0.2) is 18.5 Å². The lowest BCUT2D eigenvalue weighted by Crippen LogP contribution is -2.08. The second-order valence-corrected chi connectivity index (χ2v) is 1.46. The summed E-state index contributed by atoms with van der Waals surface area (Å²) in [6.07, 6.45) is 3.21. The molecule has 3 nitrogen and oxygen atoms in total. The summed E-state index contributed by atoms with van der Waals surface area (Å²) in [6, 6.07) is 1.63. The molecule has 0 saturated heterocycles. The van der Waals surface area contributed by atoms with E-state index in [1.54, 1.807) is 18.5 Å². The Hall–Kier alpha value is -1.25.